The Morgan fingerprint density at radius 1 is 0.423 bits per heavy atom. The average Bonchev–Trinajstić information content (AvgIpc) is 3.17. The van der Waals surface area contributed by atoms with Crippen molar-refractivity contribution in [2.75, 3.05) is 0 Å². The van der Waals surface area contributed by atoms with E-state index in [2.05, 4.69) is 78.9 Å². The zero-order valence-electron chi connectivity index (χ0n) is 30.0. The zero-order valence-corrected chi connectivity index (χ0v) is 30.0. The fraction of sp³-hybridized carbons (Fsp3) is 0.417. The molecular weight excluding hydrogens is 633 g/mol. The molecule has 8 aliphatic carbocycles. The molecule has 0 radical (unpaired) electrons. The van der Waals surface area contributed by atoms with E-state index in [0.29, 0.717) is 16.8 Å². The van der Waals surface area contributed by atoms with Crippen LogP contribution in [0.1, 0.15) is 93.7 Å². The van der Waals surface area contributed by atoms with Gasteiger partial charge >= 0.3 is 0 Å². The van der Waals surface area contributed by atoms with Crippen LogP contribution in [0.4, 0.5) is 0 Å². The first-order chi connectivity index (χ1) is 25.5. The molecular formula is C48H46N4. The summed E-state index contributed by atoms with van der Waals surface area (Å²) in [7, 11) is 0. The van der Waals surface area contributed by atoms with Crippen molar-refractivity contribution in [2.24, 2.45) is 35.5 Å². The van der Waals surface area contributed by atoms with E-state index in [1.807, 2.05) is 24.3 Å². The Morgan fingerprint density at radius 2 is 0.885 bits per heavy atom. The first-order valence-electron chi connectivity index (χ1n) is 20.1. The topological polar surface area (TPSA) is 62.5 Å². The van der Waals surface area contributed by atoms with Gasteiger partial charge in [-0.3, -0.25) is 0 Å². The van der Waals surface area contributed by atoms with Gasteiger partial charge in [0.2, 0.25) is 0 Å². The molecule has 4 aromatic carbocycles. The predicted molar refractivity (Wildman–Crippen MR) is 206 cm³/mol. The summed E-state index contributed by atoms with van der Waals surface area (Å²) in [6.07, 6.45) is 16.6. The normalized spacial score (nSPS) is 32.2. The number of aromatic nitrogens is 3. The highest BCUT2D eigenvalue weighted by molar-refractivity contribution is 5.75. The Balaban J connectivity index is 1.04. The summed E-state index contributed by atoms with van der Waals surface area (Å²) in [6, 6.07) is 37.3. The maximum Gasteiger partial charge on any atom is 0.164 e. The molecule has 8 aliphatic rings. The molecule has 1 aromatic heterocycles. The van der Waals surface area contributed by atoms with Crippen LogP contribution < -0.4 is 0 Å². The highest BCUT2D eigenvalue weighted by Gasteiger charge is 2.53. The van der Waals surface area contributed by atoms with Crippen LogP contribution in [0.2, 0.25) is 0 Å². The second kappa shape index (κ2) is 11.7. The lowest BCUT2D eigenvalue weighted by Gasteiger charge is -2.57. The minimum Gasteiger partial charge on any atom is -0.208 e. The van der Waals surface area contributed by atoms with E-state index in [0.717, 1.165) is 75.0 Å². The molecule has 4 heteroatoms. The van der Waals surface area contributed by atoms with Crippen LogP contribution in [-0.2, 0) is 10.8 Å². The minimum atomic E-state index is 0.206. The van der Waals surface area contributed by atoms with Crippen LogP contribution in [0, 0.1) is 46.8 Å². The molecule has 0 amide bonds. The summed E-state index contributed by atoms with van der Waals surface area (Å²) >= 11 is 0. The number of hydrogen-bond acceptors (Lipinski definition) is 4. The lowest BCUT2D eigenvalue weighted by molar-refractivity contribution is -0.00529. The van der Waals surface area contributed by atoms with E-state index in [9.17, 15) is 5.26 Å². The van der Waals surface area contributed by atoms with Gasteiger partial charge < -0.3 is 0 Å². The first kappa shape index (κ1) is 31.0. The van der Waals surface area contributed by atoms with Crippen LogP contribution in [0.25, 0.3) is 45.3 Å². The molecule has 0 saturated heterocycles. The van der Waals surface area contributed by atoms with Gasteiger partial charge in [-0.15, -0.1) is 0 Å². The Kier molecular flexibility index (Phi) is 6.96. The van der Waals surface area contributed by atoms with Crippen molar-refractivity contribution in [1.29, 1.82) is 5.26 Å². The number of rotatable bonds is 6. The van der Waals surface area contributed by atoms with Gasteiger partial charge in [-0.1, -0.05) is 72.8 Å². The first-order valence-corrected chi connectivity index (χ1v) is 20.1. The molecule has 13 rings (SSSR count). The van der Waals surface area contributed by atoms with Crippen molar-refractivity contribution in [2.45, 2.75) is 87.9 Å². The lowest BCUT2D eigenvalue weighted by atomic mass is 9.48. The van der Waals surface area contributed by atoms with Crippen molar-refractivity contribution in [1.82, 2.24) is 15.0 Å². The van der Waals surface area contributed by atoms with Gasteiger partial charge in [0.25, 0.3) is 0 Å². The Bertz CT molecular complexity index is 2160. The van der Waals surface area contributed by atoms with Gasteiger partial charge in [0.05, 0.1) is 11.6 Å². The Hall–Kier alpha value is -4.62. The molecule has 8 saturated carbocycles. The molecule has 0 spiro atoms. The molecule has 0 N–H and O–H groups in total. The van der Waals surface area contributed by atoms with E-state index in [1.165, 1.54) is 88.2 Å². The fourth-order valence-electron chi connectivity index (χ4n) is 13.2. The van der Waals surface area contributed by atoms with Crippen molar-refractivity contribution in [3.8, 4) is 51.4 Å². The summed E-state index contributed by atoms with van der Waals surface area (Å²) in [5.74, 6) is 7.46. The molecule has 4 nitrogen and oxygen atoms in total. The number of hydrogen-bond donors (Lipinski definition) is 0. The van der Waals surface area contributed by atoms with Crippen molar-refractivity contribution < 1.29 is 0 Å². The third-order valence-electron chi connectivity index (χ3n) is 14.6. The third-order valence-corrected chi connectivity index (χ3v) is 14.6. The molecule has 8 fully saturated rings. The Morgan fingerprint density at radius 3 is 1.42 bits per heavy atom. The highest BCUT2D eigenvalue weighted by Crippen LogP contribution is 2.62. The van der Waals surface area contributed by atoms with Crippen LogP contribution in [-0.4, -0.2) is 15.0 Å². The zero-order chi connectivity index (χ0) is 34.4. The molecule has 8 bridgehead atoms. The fourth-order valence-corrected chi connectivity index (χ4v) is 13.2. The lowest BCUT2D eigenvalue weighted by Crippen LogP contribution is -2.48. The third kappa shape index (κ3) is 5.18. The van der Waals surface area contributed by atoms with Gasteiger partial charge in [0.1, 0.15) is 0 Å². The van der Waals surface area contributed by atoms with Crippen LogP contribution in [0.15, 0.2) is 97.1 Å². The summed E-state index contributed by atoms with van der Waals surface area (Å²) in [5.41, 5.74) is 9.52. The highest BCUT2D eigenvalue weighted by atomic mass is 15.0. The van der Waals surface area contributed by atoms with Crippen molar-refractivity contribution in [3.05, 3.63) is 114 Å². The average molecular weight is 679 g/mol. The van der Waals surface area contributed by atoms with E-state index in [1.54, 1.807) is 0 Å². The van der Waals surface area contributed by atoms with Crippen LogP contribution in [0.5, 0.6) is 0 Å². The van der Waals surface area contributed by atoms with E-state index >= 15 is 0 Å². The quantitative estimate of drug-likeness (QED) is 0.179. The minimum absolute atomic E-state index is 0.206. The smallest absolute Gasteiger partial charge is 0.164 e. The number of benzene rings is 4. The molecule has 1 heterocycles. The Labute approximate surface area is 307 Å². The molecule has 0 aliphatic heterocycles. The maximum atomic E-state index is 9.80. The molecule has 52 heavy (non-hydrogen) atoms. The largest absolute Gasteiger partial charge is 0.208 e. The van der Waals surface area contributed by atoms with Gasteiger partial charge in [-0.2, -0.15) is 5.26 Å². The van der Waals surface area contributed by atoms with Crippen molar-refractivity contribution in [3.63, 3.8) is 0 Å². The van der Waals surface area contributed by atoms with Crippen LogP contribution in [0.3, 0.4) is 0 Å². The monoisotopic (exact) mass is 678 g/mol. The van der Waals surface area contributed by atoms with E-state index < -0.39 is 0 Å². The molecule has 258 valence electrons. The predicted octanol–water partition coefficient (Wildman–Crippen LogP) is 11.3. The van der Waals surface area contributed by atoms with Crippen LogP contribution >= 0.6 is 0 Å². The molecule has 0 unspecified atom stereocenters. The van der Waals surface area contributed by atoms with Gasteiger partial charge in [-0.25, -0.2) is 15.0 Å². The molecule has 5 aromatic rings. The standard InChI is InChI=1S/C48H46N4/c49-29-30-5-4-8-39(19-30)40-20-41(22-43(21-40)48-26-34-16-35(27-48)18-36(17-34)28-48)46-51-44(37-6-2-1-3-7-37)50-45(52-46)38-9-11-42(12-10-38)47-23-31-13-32(24-47)15-33(14-31)25-47/h1-12,19-22,31-36H,13-18,23-28H2/t31-,32+,33-,34-,35+,36?,47?,48?. The van der Waals surface area contributed by atoms with Crippen molar-refractivity contribution >= 4 is 0 Å². The van der Waals surface area contributed by atoms with E-state index in [4.69, 9.17) is 15.0 Å². The van der Waals surface area contributed by atoms with Gasteiger partial charge in [-0.05, 0) is 170 Å². The summed E-state index contributed by atoms with van der Waals surface area (Å²) in [4.78, 5) is 15.7. The second-order valence-electron chi connectivity index (χ2n) is 18.1. The summed E-state index contributed by atoms with van der Waals surface area (Å²) < 4.78 is 0. The SMILES string of the molecule is N#Cc1cccc(-c2cc(-c3nc(-c4ccccc4)nc(-c4ccc(C56C[C@H]7C[C@@H](C5)C[C@@H](C6)C7)cc4)n3)cc(C34CC5C[C@H](C3)C[C@@H](C5)C4)c2)c1. The molecule has 0 atom stereocenters. The number of nitriles is 1. The summed E-state index contributed by atoms with van der Waals surface area (Å²) in [6.45, 7) is 0. The van der Waals surface area contributed by atoms with Gasteiger partial charge in [0.15, 0.2) is 17.5 Å². The van der Waals surface area contributed by atoms with Gasteiger partial charge in [0, 0.05) is 16.7 Å². The maximum absolute atomic E-state index is 9.80. The van der Waals surface area contributed by atoms with E-state index in [-0.39, 0.29) is 5.41 Å². The second-order valence-corrected chi connectivity index (χ2v) is 18.1. The number of nitrogens with zero attached hydrogens (tertiary/aromatic N) is 4. The summed E-state index contributed by atoms with van der Waals surface area (Å²) in [5, 5.41) is 9.80.